The van der Waals surface area contributed by atoms with Gasteiger partial charge in [0.2, 0.25) is 5.95 Å². The molecule has 2 heterocycles. The van der Waals surface area contributed by atoms with Crippen LogP contribution in [0.3, 0.4) is 0 Å². The second-order valence-electron chi connectivity index (χ2n) is 7.14. The zero-order chi connectivity index (χ0) is 21.8. The van der Waals surface area contributed by atoms with Crippen molar-refractivity contribution >= 4 is 34.8 Å². The average molecular weight is 435 g/mol. The van der Waals surface area contributed by atoms with E-state index in [9.17, 15) is 4.79 Å². The van der Waals surface area contributed by atoms with Gasteiger partial charge >= 0.3 is 0 Å². The van der Waals surface area contributed by atoms with Crippen molar-refractivity contribution in [3.8, 4) is 11.3 Å². The number of hydrogen-bond acceptors (Lipinski definition) is 5. The Balaban J connectivity index is 1.65. The van der Waals surface area contributed by atoms with Gasteiger partial charge in [-0.3, -0.25) is 4.79 Å². The van der Waals surface area contributed by atoms with Crippen LogP contribution in [0.4, 0.5) is 11.6 Å². The molecule has 4 rings (SSSR count). The molecule has 4 aromatic rings. The summed E-state index contributed by atoms with van der Waals surface area (Å²) >= 11 is 6.37. The lowest BCUT2D eigenvalue weighted by atomic mass is 10.0. The number of nitrogens with one attached hydrogen (secondary N) is 2. The molecular formula is C23H23ClN6O. The van der Waals surface area contributed by atoms with Crippen molar-refractivity contribution in [2.75, 3.05) is 18.9 Å². The Labute approximate surface area is 185 Å². The van der Waals surface area contributed by atoms with E-state index in [4.69, 9.17) is 17.3 Å². The summed E-state index contributed by atoms with van der Waals surface area (Å²) in [6.07, 6.45) is 1.77. The molecule has 0 unspecified atom stereocenters. The Morgan fingerprint density at radius 3 is 2.68 bits per heavy atom. The molecule has 4 N–H and O–H groups in total. The van der Waals surface area contributed by atoms with Crippen molar-refractivity contribution in [3.63, 3.8) is 0 Å². The summed E-state index contributed by atoms with van der Waals surface area (Å²) in [7, 11) is 1.60. The largest absolute Gasteiger partial charge is 0.355 e. The summed E-state index contributed by atoms with van der Waals surface area (Å²) in [5.74, 6) is 0.333. The molecule has 0 aliphatic rings. The third-order valence-corrected chi connectivity index (χ3v) is 5.13. The normalized spacial score (nSPS) is 10.9. The molecule has 2 aromatic carbocycles. The van der Waals surface area contributed by atoms with Crippen LogP contribution < -0.4 is 16.4 Å². The van der Waals surface area contributed by atoms with E-state index in [0.717, 1.165) is 35.3 Å². The van der Waals surface area contributed by atoms with E-state index in [1.807, 2.05) is 42.5 Å². The molecule has 0 spiro atoms. The van der Waals surface area contributed by atoms with Crippen LogP contribution in [0.1, 0.15) is 22.3 Å². The van der Waals surface area contributed by atoms with Crippen LogP contribution in [0, 0.1) is 0 Å². The summed E-state index contributed by atoms with van der Waals surface area (Å²) < 4.78 is 1.79. The number of rotatable bonds is 7. The van der Waals surface area contributed by atoms with Crippen molar-refractivity contribution < 1.29 is 4.79 Å². The smallest absolute Gasteiger partial charge is 0.251 e. The molecule has 0 radical (unpaired) electrons. The summed E-state index contributed by atoms with van der Waals surface area (Å²) in [5, 5.41) is 11.1. The molecule has 0 aliphatic heterocycles. The minimum absolute atomic E-state index is 0.130. The maximum Gasteiger partial charge on any atom is 0.251 e. The van der Waals surface area contributed by atoms with Gasteiger partial charge in [-0.15, -0.1) is 5.10 Å². The van der Waals surface area contributed by atoms with Gasteiger partial charge in [-0.1, -0.05) is 17.7 Å². The molecule has 1 amide bonds. The molecule has 0 bridgehead atoms. The standard InChI is InChI=1S/C23H23ClN6O/c1-26-22(31)16-7-9-19(10-8-16)27-23-28-21-6-2-5-20(30(21)29-23)17-12-15(4-3-11-25)13-18(24)14-17/h2,5-10,12-14H,3-4,11,25H2,1H3,(H,26,31)(H,27,29). The van der Waals surface area contributed by atoms with Gasteiger partial charge in [0.25, 0.3) is 5.91 Å². The number of aryl methyl sites for hydroxylation is 1. The van der Waals surface area contributed by atoms with Crippen LogP contribution in [-0.2, 0) is 6.42 Å². The number of aromatic nitrogens is 3. The van der Waals surface area contributed by atoms with Crippen LogP contribution in [0.2, 0.25) is 5.02 Å². The number of hydrogen-bond donors (Lipinski definition) is 3. The van der Waals surface area contributed by atoms with Gasteiger partial charge in [0.15, 0.2) is 5.65 Å². The first-order chi connectivity index (χ1) is 15.1. The number of nitrogens with two attached hydrogens (primary N) is 1. The summed E-state index contributed by atoms with van der Waals surface area (Å²) in [4.78, 5) is 16.3. The number of pyridine rings is 1. The fourth-order valence-electron chi connectivity index (χ4n) is 3.40. The molecule has 0 aliphatic carbocycles. The molecule has 0 atom stereocenters. The molecule has 8 heteroatoms. The fourth-order valence-corrected chi connectivity index (χ4v) is 3.66. The Morgan fingerprint density at radius 2 is 1.94 bits per heavy atom. The monoisotopic (exact) mass is 434 g/mol. The fraction of sp³-hybridized carbons (Fsp3) is 0.174. The number of nitrogens with zero attached hydrogens (tertiary/aromatic N) is 3. The topological polar surface area (TPSA) is 97.3 Å². The van der Waals surface area contributed by atoms with Crippen molar-refractivity contribution in [1.29, 1.82) is 0 Å². The van der Waals surface area contributed by atoms with Crippen molar-refractivity contribution in [2.24, 2.45) is 5.73 Å². The van der Waals surface area contributed by atoms with Gasteiger partial charge < -0.3 is 16.4 Å². The third kappa shape index (κ3) is 4.68. The molecule has 0 saturated heterocycles. The molecular weight excluding hydrogens is 412 g/mol. The van der Waals surface area contributed by atoms with Gasteiger partial charge in [0, 0.05) is 28.9 Å². The Hall–Kier alpha value is -3.42. The molecule has 2 aromatic heterocycles. The summed E-state index contributed by atoms with van der Waals surface area (Å²) in [6.45, 7) is 0.639. The van der Waals surface area contributed by atoms with E-state index in [-0.39, 0.29) is 5.91 Å². The minimum atomic E-state index is -0.130. The zero-order valence-electron chi connectivity index (χ0n) is 17.1. The third-order valence-electron chi connectivity index (χ3n) is 4.91. The molecule has 0 fully saturated rings. The average Bonchev–Trinajstić information content (AvgIpc) is 3.19. The van der Waals surface area contributed by atoms with E-state index in [1.165, 1.54) is 0 Å². The number of carbonyl (C=O) groups excluding carboxylic acids is 1. The van der Waals surface area contributed by atoms with E-state index in [2.05, 4.69) is 26.8 Å². The number of halogens is 1. The van der Waals surface area contributed by atoms with Gasteiger partial charge in [-0.05, 0) is 79.5 Å². The second-order valence-corrected chi connectivity index (χ2v) is 7.57. The van der Waals surface area contributed by atoms with Crippen LogP contribution in [-0.4, -0.2) is 34.1 Å². The second kappa shape index (κ2) is 9.16. The maximum atomic E-state index is 11.7. The van der Waals surface area contributed by atoms with Crippen molar-refractivity contribution in [2.45, 2.75) is 12.8 Å². The SMILES string of the molecule is CNC(=O)c1ccc(Nc2nc3cccc(-c4cc(Cl)cc(CCCN)c4)n3n2)cc1. The molecule has 158 valence electrons. The number of anilines is 2. The lowest BCUT2D eigenvalue weighted by Gasteiger charge is -2.08. The molecule has 31 heavy (non-hydrogen) atoms. The van der Waals surface area contributed by atoms with E-state index >= 15 is 0 Å². The first-order valence-electron chi connectivity index (χ1n) is 10.0. The first kappa shape index (κ1) is 20.8. The predicted octanol–water partition coefficient (Wildman–Crippen LogP) is 4.04. The highest BCUT2D eigenvalue weighted by Gasteiger charge is 2.11. The quantitative estimate of drug-likeness (QED) is 0.407. The van der Waals surface area contributed by atoms with Crippen LogP contribution in [0.25, 0.3) is 16.9 Å². The highest BCUT2D eigenvalue weighted by atomic mass is 35.5. The first-order valence-corrected chi connectivity index (χ1v) is 10.4. The maximum absolute atomic E-state index is 11.7. The molecule has 0 saturated carbocycles. The summed E-state index contributed by atoms with van der Waals surface area (Å²) in [6, 6.07) is 19.0. The van der Waals surface area contributed by atoms with E-state index in [0.29, 0.717) is 28.7 Å². The predicted molar refractivity (Wildman–Crippen MR) is 124 cm³/mol. The Bertz CT molecular complexity index is 1220. The van der Waals surface area contributed by atoms with Crippen molar-refractivity contribution in [1.82, 2.24) is 19.9 Å². The minimum Gasteiger partial charge on any atom is -0.355 e. The number of carbonyl (C=O) groups is 1. The van der Waals surface area contributed by atoms with Gasteiger partial charge in [0.05, 0.1) is 5.69 Å². The van der Waals surface area contributed by atoms with Crippen molar-refractivity contribution in [3.05, 3.63) is 76.8 Å². The summed E-state index contributed by atoms with van der Waals surface area (Å²) in [5.41, 5.74) is 10.7. The number of fused-ring (bicyclic) bond motifs is 1. The Morgan fingerprint density at radius 1 is 1.13 bits per heavy atom. The van der Waals surface area contributed by atoms with Gasteiger partial charge in [-0.2, -0.15) is 4.98 Å². The number of amides is 1. The van der Waals surface area contributed by atoms with E-state index in [1.54, 1.807) is 23.7 Å². The van der Waals surface area contributed by atoms with Crippen LogP contribution in [0.15, 0.2) is 60.7 Å². The highest BCUT2D eigenvalue weighted by Crippen LogP contribution is 2.27. The van der Waals surface area contributed by atoms with Crippen LogP contribution >= 0.6 is 11.6 Å². The highest BCUT2D eigenvalue weighted by molar-refractivity contribution is 6.31. The Kier molecular flexibility index (Phi) is 6.16. The van der Waals surface area contributed by atoms with E-state index < -0.39 is 0 Å². The molecule has 7 nitrogen and oxygen atoms in total. The number of benzene rings is 2. The lowest BCUT2D eigenvalue weighted by Crippen LogP contribution is -2.17. The van der Waals surface area contributed by atoms with Crippen LogP contribution in [0.5, 0.6) is 0 Å². The van der Waals surface area contributed by atoms with Gasteiger partial charge in [-0.25, -0.2) is 4.52 Å². The lowest BCUT2D eigenvalue weighted by molar-refractivity contribution is 0.0963. The van der Waals surface area contributed by atoms with Gasteiger partial charge in [0.1, 0.15) is 0 Å². The zero-order valence-corrected chi connectivity index (χ0v) is 17.9.